The predicted molar refractivity (Wildman–Crippen MR) is 112 cm³/mol. The molecule has 0 spiro atoms. The summed E-state index contributed by atoms with van der Waals surface area (Å²) in [6, 6.07) is 18.1. The first kappa shape index (κ1) is 18.2. The largest absolute Gasteiger partial charge is 0.309 e. The SMILES string of the molecule is Cn1c(Cc2ccccc2)nnc1SCc1csc(-c2ccccc2Cl)n1. The van der Waals surface area contributed by atoms with Gasteiger partial charge in [-0.15, -0.1) is 21.5 Å². The van der Waals surface area contributed by atoms with Gasteiger partial charge in [0.15, 0.2) is 5.16 Å². The van der Waals surface area contributed by atoms with Gasteiger partial charge in [-0.05, 0) is 11.6 Å². The third-order valence-corrected chi connectivity index (χ3v) is 6.44. The van der Waals surface area contributed by atoms with Gasteiger partial charge >= 0.3 is 0 Å². The van der Waals surface area contributed by atoms with Crippen molar-refractivity contribution in [2.75, 3.05) is 0 Å². The molecule has 0 atom stereocenters. The highest BCUT2D eigenvalue weighted by atomic mass is 35.5. The van der Waals surface area contributed by atoms with Crippen LogP contribution in [0.5, 0.6) is 0 Å². The molecule has 4 rings (SSSR count). The van der Waals surface area contributed by atoms with E-state index in [1.807, 2.05) is 49.5 Å². The van der Waals surface area contributed by atoms with E-state index in [2.05, 4.69) is 32.3 Å². The lowest BCUT2D eigenvalue weighted by Gasteiger charge is -2.03. The van der Waals surface area contributed by atoms with Crippen molar-refractivity contribution < 1.29 is 0 Å². The Morgan fingerprint density at radius 1 is 1.04 bits per heavy atom. The molecule has 0 fully saturated rings. The van der Waals surface area contributed by atoms with Crippen molar-refractivity contribution in [3.63, 3.8) is 0 Å². The van der Waals surface area contributed by atoms with E-state index in [0.717, 1.165) is 44.4 Å². The van der Waals surface area contributed by atoms with Crippen LogP contribution in [0.3, 0.4) is 0 Å². The second kappa shape index (κ2) is 8.25. The minimum atomic E-state index is 0.727. The lowest BCUT2D eigenvalue weighted by atomic mass is 10.1. The van der Waals surface area contributed by atoms with Crippen molar-refractivity contribution in [3.05, 3.63) is 82.1 Å². The van der Waals surface area contributed by atoms with Crippen LogP contribution in [-0.4, -0.2) is 19.7 Å². The molecule has 0 radical (unpaired) electrons. The Hall–Kier alpha value is -2.15. The molecule has 2 aromatic carbocycles. The summed E-state index contributed by atoms with van der Waals surface area (Å²) in [6.45, 7) is 0. The smallest absolute Gasteiger partial charge is 0.191 e. The van der Waals surface area contributed by atoms with Crippen LogP contribution in [0.15, 0.2) is 65.1 Å². The van der Waals surface area contributed by atoms with Crippen molar-refractivity contribution in [3.8, 4) is 10.6 Å². The van der Waals surface area contributed by atoms with Crippen molar-refractivity contribution in [1.82, 2.24) is 19.7 Å². The summed E-state index contributed by atoms with van der Waals surface area (Å²) in [5.41, 5.74) is 3.23. The number of rotatable bonds is 6. The molecular weight excluding hydrogens is 396 g/mol. The minimum absolute atomic E-state index is 0.727. The normalized spacial score (nSPS) is 11.0. The van der Waals surface area contributed by atoms with E-state index < -0.39 is 0 Å². The Bertz CT molecular complexity index is 1040. The average molecular weight is 413 g/mol. The van der Waals surface area contributed by atoms with E-state index in [1.165, 1.54) is 5.56 Å². The van der Waals surface area contributed by atoms with Crippen molar-refractivity contribution in [2.24, 2.45) is 7.05 Å². The number of hydrogen-bond donors (Lipinski definition) is 0. The van der Waals surface area contributed by atoms with Gasteiger partial charge in [-0.1, -0.05) is 71.9 Å². The fraction of sp³-hybridized carbons (Fsp3) is 0.150. The third kappa shape index (κ3) is 4.24. The predicted octanol–water partition coefficient (Wildman–Crippen LogP) is 5.48. The number of thiazole rings is 1. The van der Waals surface area contributed by atoms with E-state index in [1.54, 1.807) is 23.1 Å². The van der Waals surface area contributed by atoms with Gasteiger partial charge in [0.1, 0.15) is 10.8 Å². The maximum Gasteiger partial charge on any atom is 0.191 e. The molecule has 27 heavy (non-hydrogen) atoms. The number of nitrogens with zero attached hydrogens (tertiary/aromatic N) is 4. The average Bonchev–Trinajstić information content (AvgIpc) is 3.29. The van der Waals surface area contributed by atoms with E-state index >= 15 is 0 Å². The molecule has 0 unspecified atom stereocenters. The fourth-order valence-corrected chi connectivity index (χ4v) is 4.74. The van der Waals surface area contributed by atoms with Gasteiger partial charge in [0, 0.05) is 30.2 Å². The lowest BCUT2D eigenvalue weighted by Crippen LogP contribution is -2.00. The van der Waals surface area contributed by atoms with Crippen LogP contribution in [0.25, 0.3) is 10.6 Å². The first-order valence-corrected chi connectivity index (χ1v) is 10.7. The van der Waals surface area contributed by atoms with Crippen LogP contribution < -0.4 is 0 Å². The molecule has 0 aliphatic heterocycles. The molecule has 2 heterocycles. The summed E-state index contributed by atoms with van der Waals surface area (Å²) in [5, 5.41) is 13.3. The van der Waals surface area contributed by atoms with Crippen molar-refractivity contribution in [2.45, 2.75) is 17.3 Å². The quantitative estimate of drug-likeness (QED) is 0.393. The second-order valence-corrected chi connectivity index (χ2v) is 8.24. The van der Waals surface area contributed by atoms with Gasteiger partial charge < -0.3 is 4.57 Å². The summed E-state index contributed by atoms with van der Waals surface area (Å²) < 4.78 is 2.05. The molecule has 0 amide bonds. The Morgan fingerprint density at radius 2 is 1.81 bits per heavy atom. The zero-order chi connectivity index (χ0) is 18.6. The molecule has 136 valence electrons. The number of thioether (sulfide) groups is 1. The molecule has 0 aliphatic rings. The van der Waals surface area contributed by atoms with E-state index in [9.17, 15) is 0 Å². The zero-order valence-electron chi connectivity index (χ0n) is 14.7. The maximum atomic E-state index is 6.27. The summed E-state index contributed by atoms with van der Waals surface area (Å²) >= 11 is 9.53. The standard InChI is InChI=1S/C20H17ClN4S2/c1-25-18(11-14-7-3-2-4-8-14)23-24-20(25)27-13-15-12-26-19(22-15)16-9-5-6-10-17(16)21/h2-10,12H,11,13H2,1H3. The Morgan fingerprint density at radius 3 is 2.63 bits per heavy atom. The molecule has 0 aliphatic carbocycles. The molecule has 4 nitrogen and oxygen atoms in total. The van der Waals surface area contributed by atoms with Gasteiger partial charge in [0.25, 0.3) is 0 Å². The Balaban J connectivity index is 1.43. The number of benzene rings is 2. The molecule has 7 heteroatoms. The Labute approximate surface area is 171 Å². The van der Waals surface area contributed by atoms with Gasteiger partial charge in [0.05, 0.1) is 10.7 Å². The molecule has 2 aromatic heterocycles. The van der Waals surface area contributed by atoms with Crippen molar-refractivity contribution in [1.29, 1.82) is 0 Å². The van der Waals surface area contributed by atoms with E-state index in [0.29, 0.717) is 0 Å². The highest BCUT2D eigenvalue weighted by Gasteiger charge is 2.12. The first-order chi connectivity index (χ1) is 13.2. The molecule has 0 bridgehead atoms. The van der Waals surface area contributed by atoms with E-state index in [-0.39, 0.29) is 0 Å². The van der Waals surface area contributed by atoms with Crippen LogP contribution in [0.1, 0.15) is 17.1 Å². The monoisotopic (exact) mass is 412 g/mol. The van der Waals surface area contributed by atoms with Crippen LogP contribution in [-0.2, 0) is 19.2 Å². The van der Waals surface area contributed by atoms with Crippen LogP contribution in [0, 0.1) is 0 Å². The summed E-state index contributed by atoms with van der Waals surface area (Å²) in [4.78, 5) is 4.72. The molecule has 0 saturated heterocycles. The van der Waals surface area contributed by atoms with Crippen molar-refractivity contribution >= 4 is 34.7 Å². The number of halogens is 1. The minimum Gasteiger partial charge on any atom is -0.309 e. The number of aromatic nitrogens is 4. The zero-order valence-corrected chi connectivity index (χ0v) is 17.1. The topological polar surface area (TPSA) is 43.6 Å². The third-order valence-electron chi connectivity index (χ3n) is 4.14. The number of hydrogen-bond acceptors (Lipinski definition) is 5. The van der Waals surface area contributed by atoms with Gasteiger partial charge in [-0.25, -0.2) is 4.98 Å². The summed E-state index contributed by atoms with van der Waals surface area (Å²) in [6.07, 6.45) is 0.776. The van der Waals surface area contributed by atoms with Gasteiger partial charge in [0.2, 0.25) is 0 Å². The van der Waals surface area contributed by atoms with Crippen LogP contribution >= 0.6 is 34.7 Å². The summed E-state index contributed by atoms with van der Waals surface area (Å²) in [7, 11) is 2.01. The van der Waals surface area contributed by atoms with Gasteiger partial charge in [-0.3, -0.25) is 0 Å². The van der Waals surface area contributed by atoms with Gasteiger partial charge in [-0.2, -0.15) is 0 Å². The molecule has 0 N–H and O–H groups in total. The first-order valence-electron chi connectivity index (χ1n) is 8.45. The highest BCUT2D eigenvalue weighted by Crippen LogP contribution is 2.31. The van der Waals surface area contributed by atoms with Crippen LogP contribution in [0.4, 0.5) is 0 Å². The fourth-order valence-electron chi connectivity index (χ4n) is 2.67. The second-order valence-electron chi connectivity index (χ2n) is 6.03. The Kier molecular flexibility index (Phi) is 5.57. The molecule has 0 saturated carbocycles. The maximum absolute atomic E-state index is 6.27. The lowest BCUT2D eigenvalue weighted by molar-refractivity contribution is 0.748. The van der Waals surface area contributed by atoms with E-state index in [4.69, 9.17) is 16.6 Å². The highest BCUT2D eigenvalue weighted by molar-refractivity contribution is 7.98. The summed E-state index contributed by atoms with van der Waals surface area (Å²) in [5.74, 6) is 1.71. The van der Waals surface area contributed by atoms with Crippen LogP contribution in [0.2, 0.25) is 5.02 Å². The molecule has 4 aromatic rings. The molecular formula is C20H17ClN4S2.